The summed E-state index contributed by atoms with van der Waals surface area (Å²) in [5.41, 5.74) is 0.731. The largest absolute Gasteiger partial charge is 0.497 e. The van der Waals surface area contributed by atoms with E-state index in [0.29, 0.717) is 13.1 Å². The molecular formula is C25H30N2O8S. The van der Waals surface area contributed by atoms with E-state index in [1.165, 1.54) is 11.3 Å². The van der Waals surface area contributed by atoms with E-state index in [0.717, 1.165) is 48.5 Å². The molecule has 2 aromatic rings. The van der Waals surface area contributed by atoms with Gasteiger partial charge in [-0.25, -0.2) is 9.59 Å². The van der Waals surface area contributed by atoms with Gasteiger partial charge in [0.05, 0.1) is 18.1 Å². The first kappa shape index (κ1) is 27.3. The summed E-state index contributed by atoms with van der Waals surface area (Å²) < 4.78 is 5.16. The van der Waals surface area contributed by atoms with Crippen molar-refractivity contribution in [3.63, 3.8) is 0 Å². The van der Waals surface area contributed by atoms with Gasteiger partial charge in [-0.3, -0.25) is 14.5 Å². The minimum Gasteiger partial charge on any atom is -0.497 e. The van der Waals surface area contributed by atoms with Gasteiger partial charge >= 0.3 is 11.9 Å². The number of rotatable bonds is 5. The number of aliphatic hydroxyl groups is 1. The van der Waals surface area contributed by atoms with Gasteiger partial charge in [0.1, 0.15) is 5.75 Å². The molecule has 1 aromatic heterocycles. The molecule has 1 amide bonds. The highest BCUT2D eigenvalue weighted by Crippen LogP contribution is 2.28. The number of ether oxygens (including phenoxy) is 1. The van der Waals surface area contributed by atoms with E-state index in [2.05, 4.69) is 4.90 Å². The number of nitrogens with zero attached hydrogens (tertiary/aromatic N) is 2. The lowest BCUT2D eigenvalue weighted by atomic mass is 9.87. The maximum Gasteiger partial charge on any atom is 0.414 e. The minimum absolute atomic E-state index is 0.00583. The summed E-state index contributed by atoms with van der Waals surface area (Å²) in [5, 5.41) is 27.4. The monoisotopic (exact) mass is 518 g/mol. The zero-order valence-electron chi connectivity index (χ0n) is 19.9. The van der Waals surface area contributed by atoms with Gasteiger partial charge in [0.15, 0.2) is 5.78 Å². The maximum atomic E-state index is 12.8. The third-order valence-corrected chi connectivity index (χ3v) is 7.35. The van der Waals surface area contributed by atoms with Crippen LogP contribution in [0.1, 0.15) is 39.3 Å². The van der Waals surface area contributed by atoms with Gasteiger partial charge in [0, 0.05) is 30.6 Å². The second-order valence-corrected chi connectivity index (χ2v) is 9.61. The van der Waals surface area contributed by atoms with Crippen molar-refractivity contribution in [2.24, 2.45) is 5.92 Å². The quantitative estimate of drug-likeness (QED) is 0.400. The number of β-amino-alcohol motifs (C(OH)–C–C–N with tert-alkyl or cyclic N) is 1. The predicted molar refractivity (Wildman–Crippen MR) is 132 cm³/mol. The third kappa shape index (κ3) is 6.90. The van der Waals surface area contributed by atoms with Crippen molar-refractivity contribution in [1.82, 2.24) is 9.80 Å². The van der Waals surface area contributed by atoms with Crippen LogP contribution in [0.4, 0.5) is 0 Å². The molecule has 0 saturated carbocycles. The number of thiophene rings is 1. The number of hydrogen-bond acceptors (Lipinski definition) is 8. The minimum atomic E-state index is -1.82. The average Bonchev–Trinajstić information content (AvgIpc) is 3.43. The van der Waals surface area contributed by atoms with Gasteiger partial charge in [0.25, 0.3) is 5.91 Å². The summed E-state index contributed by atoms with van der Waals surface area (Å²) in [7, 11) is 1.61. The Labute approximate surface area is 212 Å². The zero-order chi connectivity index (χ0) is 26.2. The lowest BCUT2D eigenvalue weighted by Gasteiger charge is -2.44. The summed E-state index contributed by atoms with van der Waals surface area (Å²) in [6, 6.07) is 11.1. The summed E-state index contributed by atoms with van der Waals surface area (Å²) in [6.45, 7) is 2.62. The number of carbonyl (C=O) groups is 4. The first-order valence-electron chi connectivity index (χ1n) is 11.6. The second-order valence-electron chi connectivity index (χ2n) is 8.67. The molecule has 11 heteroatoms. The molecule has 0 radical (unpaired) electrons. The highest BCUT2D eigenvalue weighted by Gasteiger charge is 2.37. The van der Waals surface area contributed by atoms with E-state index in [1.807, 2.05) is 41.8 Å². The molecule has 2 atom stereocenters. The molecule has 3 N–H and O–H groups in total. The van der Waals surface area contributed by atoms with E-state index in [1.54, 1.807) is 12.0 Å². The molecule has 2 aliphatic rings. The van der Waals surface area contributed by atoms with E-state index >= 15 is 0 Å². The van der Waals surface area contributed by atoms with Crippen LogP contribution in [0.25, 0.3) is 0 Å². The fourth-order valence-electron chi connectivity index (χ4n) is 4.57. The van der Waals surface area contributed by atoms with Crippen LogP contribution >= 0.6 is 11.3 Å². The Hall–Kier alpha value is -3.28. The maximum absolute atomic E-state index is 12.8. The summed E-state index contributed by atoms with van der Waals surface area (Å²) in [4.78, 5) is 48.4. The molecule has 1 aromatic carbocycles. The van der Waals surface area contributed by atoms with Gasteiger partial charge in [-0.1, -0.05) is 6.07 Å². The Kier molecular flexibility index (Phi) is 9.57. The van der Waals surface area contributed by atoms with Gasteiger partial charge in [-0.05, 0) is 68.1 Å². The number of likely N-dealkylation sites (tertiary alicyclic amines) is 2. The molecule has 0 spiro atoms. The standard InChI is InChI=1S/C23H28N2O4S.C2H2O4/c1-29-18-6-4-16(5-7-18)22(27)17-8-11-24(12-9-17)19-10-13-25(15-20(19)26)23(28)21-3-2-14-30-21;3-1(4)2(5)6/h2-7,14,17,19-20,26H,8-13,15H2,1H3;(H,3,4)(H,5,6)/t19-,20-;/m1./s1. The van der Waals surface area contributed by atoms with Gasteiger partial charge in [-0.15, -0.1) is 11.3 Å². The van der Waals surface area contributed by atoms with Crippen LogP contribution in [0, 0.1) is 5.92 Å². The Bertz CT molecular complexity index is 1040. The number of aliphatic carboxylic acids is 2. The van der Waals surface area contributed by atoms with Crippen molar-refractivity contribution in [3.8, 4) is 5.75 Å². The fourth-order valence-corrected chi connectivity index (χ4v) is 5.26. The van der Waals surface area contributed by atoms with E-state index in [4.69, 9.17) is 24.5 Å². The highest BCUT2D eigenvalue weighted by molar-refractivity contribution is 7.12. The zero-order valence-corrected chi connectivity index (χ0v) is 20.7. The highest BCUT2D eigenvalue weighted by atomic mass is 32.1. The number of carbonyl (C=O) groups excluding carboxylic acids is 2. The molecule has 36 heavy (non-hydrogen) atoms. The molecule has 2 fully saturated rings. The van der Waals surface area contributed by atoms with Crippen LogP contribution in [-0.4, -0.2) is 94.2 Å². The number of ketones is 1. The van der Waals surface area contributed by atoms with Crippen molar-refractivity contribution in [2.45, 2.75) is 31.4 Å². The third-order valence-electron chi connectivity index (χ3n) is 6.49. The number of carboxylic acid groups (broad SMARTS) is 2. The molecule has 0 bridgehead atoms. The van der Waals surface area contributed by atoms with Crippen molar-refractivity contribution < 1.29 is 39.2 Å². The second kappa shape index (κ2) is 12.6. The number of hydrogen-bond donors (Lipinski definition) is 3. The van der Waals surface area contributed by atoms with E-state index < -0.39 is 18.0 Å². The Balaban J connectivity index is 0.000000538. The van der Waals surface area contributed by atoms with Crippen LogP contribution in [-0.2, 0) is 9.59 Å². The first-order chi connectivity index (χ1) is 17.2. The number of Topliss-reactive ketones (excluding diaryl/α,β-unsaturated/α-hetero) is 1. The van der Waals surface area contributed by atoms with E-state index in [-0.39, 0.29) is 23.7 Å². The number of aliphatic hydroxyl groups excluding tert-OH is 1. The van der Waals surface area contributed by atoms with Gasteiger partial charge in [0.2, 0.25) is 0 Å². The number of carboxylic acids is 2. The SMILES string of the molecule is COc1ccc(C(=O)C2CCN([C@@H]3CCN(C(=O)c4cccs4)C[C@H]3O)CC2)cc1.O=C(O)C(=O)O. The lowest BCUT2D eigenvalue weighted by molar-refractivity contribution is -0.159. The number of amides is 1. The molecular weight excluding hydrogens is 488 g/mol. The smallest absolute Gasteiger partial charge is 0.414 e. The van der Waals surface area contributed by atoms with Crippen molar-refractivity contribution >= 4 is 35.0 Å². The number of piperidine rings is 2. The van der Waals surface area contributed by atoms with Crippen molar-refractivity contribution in [3.05, 3.63) is 52.2 Å². The van der Waals surface area contributed by atoms with E-state index in [9.17, 15) is 14.7 Å². The van der Waals surface area contributed by atoms with Crippen LogP contribution in [0.5, 0.6) is 5.75 Å². The molecule has 0 unspecified atom stereocenters. The Morgan fingerprint density at radius 3 is 2.08 bits per heavy atom. The molecule has 194 valence electrons. The summed E-state index contributed by atoms with van der Waals surface area (Å²) in [6.07, 6.45) is 1.80. The molecule has 10 nitrogen and oxygen atoms in total. The fraction of sp³-hybridized carbons (Fsp3) is 0.440. The average molecular weight is 519 g/mol. The van der Waals surface area contributed by atoms with Crippen LogP contribution in [0.2, 0.25) is 0 Å². The van der Waals surface area contributed by atoms with Crippen LogP contribution < -0.4 is 4.74 Å². The van der Waals surface area contributed by atoms with Crippen LogP contribution in [0.3, 0.4) is 0 Å². The molecule has 0 aliphatic carbocycles. The summed E-state index contributed by atoms with van der Waals surface area (Å²) >= 11 is 1.44. The lowest BCUT2D eigenvalue weighted by Crippen LogP contribution is -2.57. The number of methoxy groups -OCH3 is 1. The molecule has 3 heterocycles. The first-order valence-corrected chi connectivity index (χ1v) is 12.5. The topological polar surface area (TPSA) is 145 Å². The van der Waals surface area contributed by atoms with Gasteiger partial charge < -0.3 is 25.0 Å². The van der Waals surface area contributed by atoms with Gasteiger partial charge in [-0.2, -0.15) is 0 Å². The van der Waals surface area contributed by atoms with Crippen LogP contribution in [0.15, 0.2) is 41.8 Å². The molecule has 2 aliphatic heterocycles. The normalized spacial score (nSPS) is 20.7. The molecule has 4 rings (SSSR count). The van der Waals surface area contributed by atoms with Crippen molar-refractivity contribution in [1.29, 1.82) is 0 Å². The molecule has 2 saturated heterocycles. The predicted octanol–water partition coefficient (Wildman–Crippen LogP) is 2.08. The Morgan fingerprint density at radius 2 is 1.58 bits per heavy atom. The van der Waals surface area contributed by atoms with Crippen molar-refractivity contribution in [2.75, 3.05) is 33.3 Å². The number of benzene rings is 1. The summed E-state index contributed by atoms with van der Waals surface area (Å²) in [5.74, 6) is -2.68. The Morgan fingerprint density at radius 1 is 0.944 bits per heavy atom.